The number of hydrogen-bond acceptors (Lipinski definition) is 4. The number of ether oxygens (including phenoxy) is 1. The molecule has 1 atom stereocenters. The molecule has 0 aromatic heterocycles. The number of likely N-dealkylation sites (tertiary alicyclic amines) is 1. The van der Waals surface area contributed by atoms with Crippen LogP contribution in [0.3, 0.4) is 0 Å². The average molecular weight is 276 g/mol. The zero-order valence-corrected chi connectivity index (χ0v) is 12.6. The van der Waals surface area contributed by atoms with Gasteiger partial charge in [-0.2, -0.15) is 0 Å². The van der Waals surface area contributed by atoms with Gasteiger partial charge < -0.3 is 9.64 Å². The minimum atomic E-state index is 0.193. The van der Waals surface area contributed by atoms with Crippen LogP contribution in [0.1, 0.15) is 23.2 Å². The summed E-state index contributed by atoms with van der Waals surface area (Å²) in [7, 11) is 5.80. The Labute approximate surface area is 121 Å². The number of hydrogen-bond donors (Lipinski definition) is 0. The van der Waals surface area contributed by atoms with Crippen LogP contribution in [0.5, 0.6) is 5.75 Å². The van der Waals surface area contributed by atoms with Crippen molar-refractivity contribution in [3.63, 3.8) is 0 Å². The number of Topliss-reactive ketones (excluding diaryl/α,β-unsaturated/α-hetero) is 1. The molecule has 1 heterocycles. The number of methoxy groups -OCH3 is 1. The van der Waals surface area contributed by atoms with Gasteiger partial charge in [0.2, 0.25) is 0 Å². The standard InChI is InChI=1S/C16H24N2O2/c1-17(2)11-14-5-4-10-18(14)12-16(19)13-6-8-15(20-3)9-7-13/h6-9,14H,4-5,10-12H2,1-3H3. The molecule has 0 saturated carbocycles. The van der Waals surface area contributed by atoms with Crippen molar-refractivity contribution >= 4 is 5.78 Å². The van der Waals surface area contributed by atoms with E-state index >= 15 is 0 Å². The second-order valence-corrected chi connectivity index (χ2v) is 5.68. The largest absolute Gasteiger partial charge is 0.497 e. The van der Waals surface area contributed by atoms with E-state index < -0.39 is 0 Å². The van der Waals surface area contributed by atoms with Crippen molar-refractivity contribution in [1.82, 2.24) is 9.80 Å². The van der Waals surface area contributed by atoms with E-state index in [1.807, 2.05) is 24.3 Å². The minimum absolute atomic E-state index is 0.193. The van der Waals surface area contributed by atoms with Crippen LogP contribution in [0.4, 0.5) is 0 Å². The number of nitrogens with zero attached hydrogens (tertiary/aromatic N) is 2. The maximum atomic E-state index is 12.3. The molecular formula is C16H24N2O2. The number of benzene rings is 1. The molecule has 0 aliphatic carbocycles. The van der Waals surface area contributed by atoms with Gasteiger partial charge >= 0.3 is 0 Å². The van der Waals surface area contributed by atoms with Gasteiger partial charge in [0, 0.05) is 18.2 Å². The molecule has 0 amide bonds. The minimum Gasteiger partial charge on any atom is -0.497 e. The second kappa shape index (κ2) is 6.86. The van der Waals surface area contributed by atoms with E-state index in [9.17, 15) is 4.79 Å². The molecule has 1 saturated heterocycles. The molecule has 4 nitrogen and oxygen atoms in total. The fraction of sp³-hybridized carbons (Fsp3) is 0.562. The van der Waals surface area contributed by atoms with Crippen LogP contribution >= 0.6 is 0 Å². The third-order valence-electron chi connectivity index (χ3n) is 3.83. The Morgan fingerprint density at radius 1 is 1.35 bits per heavy atom. The molecule has 1 aromatic carbocycles. The molecule has 1 unspecified atom stereocenters. The fourth-order valence-electron chi connectivity index (χ4n) is 2.78. The molecule has 1 aliphatic rings. The van der Waals surface area contributed by atoms with Crippen LogP contribution < -0.4 is 4.74 Å². The van der Waals surface area contributed by atoms with Crippen LogP contribution in [-0.2, 0) is 0 Å². The Hall–Kier alpha value is -1.39. The first-order chi connectivity index (χ1) is 9.60. The smallest absolute Gasteiger partial charge is 0.176 e. The lowest BCUT2D eigenvalue weighted by atomic mass is 10.1. The number of ketones is 1. The monoisotopic (exact) mass is 276 g/mol. The van der Waals surface area contributed by atoms with Crippen LogP contribution in [0.25, 0.3) is 0 Å². The average Bonchev–Trinajstić information content (AvgIpc) is 2.85. The van der Waals surface area contributed by atoms with E-state index in [0.29, 0.717) is 12.6 Å². The van der Waals surface area contributed by atoms with Crippen molar-refractivity contribution in [3.05, 3.63) is 29.8 Å². The van der Waals surface area contributed by atoms with Gasteiger partial charge in [-0.1, -0.05) is 0 Å². The summed E-state index contributed by atoms with van der Waals surface area (Å²) in [5, 5.41) is 0. The SMILES string of the molecule is COc1ccc(C(=O)CN2CCCC2CN(C)C)cc1. The summed E-state index contributed by atoms with van der Waals surface area (Å²) in [6.07, 6.45) is 2.38. The Morgan fingerprint density at radius 2 is 2.05 bits per heavy atom. The van der Waals surface area contributed by atoms with E-state index in [2.05, 4.69) is 23.9 Å². The summed E-state index contributed by atoms with van der Waals surface area (Å²) in [4.78, 5) is 16.8. The van der Waals surface area contributed by atoms with Crippen molar-refractivity contribution in [1.29, 1.82) is 0 Å². The zero-order valence-electron chi connectivity index (χ0n) is 12.6. The maximum Gasteiger partial charge on any atom is 0.176 e. The summed E-state index contributed by atoms with van der Waals surface area (Å²) in [6, 6.07) is 7.88. The van der Waals surface area contributed by atoms with Crippen LogP contribution in [0.2, 0.25) is 0 Å². The molecule has 2 rings (SSSR count). The van der Waals surface area contributed by atoms with Gasteiger partial charge in [0.1, 0.15) is 5.75 Å². The molecule has 1 fully saturated rings. The van der Waals surface area contributed by atoms with E-state index in [-0.39, 0.29) is 5.78 Å². The fourth-order valence-corrected chi connectivity index (χ4v) is 2.78. The van der Waals surface area contributed by atoms with Gasteiger partial charge in [-0.15, -0.1) is 0 Å². The second-order valence-electron chi connectivity index (χ2n) is 5.68. The molecule has 0 bridgehead atoms. The van der Waals surface area contributed by atoms with Gasteiger partial charge in [-0.05, 0) is 57.7 Å². The van der Waals surface area contributed by atoms with Crippen molar-refractivity contribution in [3.8, 4) is 5.75 Å². The molecule has 4 heteroatoms. The third-order valence-corrected chi connectivity index (χ3v) is 3.83. The summed E-state index contributed by atoms with van der Waals surface area (Å²) in [5.41, 5.74) is 0.765. The highest BCUT2D eigenvalue weighted by molar-refractivity contribution is 5.97. The van der Waals surface area contributed by atoms with E-state index in [4.69, 9.17) is 4.74 Å². The van der Waals surface area contributed by atoms with Gasteiger partial charge in [-0.25, -0.2) is 0 Å². The van der Waals surface area contributed by atoms with Crippen LogP contribution in [0, 0.1) is 0 Å². The van der Waals surface area contributed by atoms with Gasteiger partial charge in [0.15, 0.2) is 5.78 Å². The Morgan fingerprint density at radius 3 is 2.65 bits per heavy atom. The lowest BCUT2D eigenvalue weighted by molar-refractivity contribution is 0.0910. The maximum absolute atomic E-state index is 12.3. The highest BCUT2D eigenvalue weighted by Crippen LogP contribution is 2.19. The molecule has 110 valence electrons. The van der Waals surface area contributed by atoms with Crippen LogP contribution in [0.15, 0.2) is 24.3 Å². The Balaban J connectivity index is 1.95. The third kappa shape index (κ3) is 3.81. The topological polar surface area (TPSA) is 32.8 Å². The van der Waals surface area contributed by atoms with Crippen molar-refractivity contribution in [2.24, 2.45) is 0 Å². The Kier molecular flexibility index (Phi) is 5.15. The van der Waals surface area contributed by atoms with Crippen molar-refractivity contribution in [2.45, 2.75) is 18.9 Å². The number of rotatable bonds is 6. The first kappa shape index (κ1) is 15.0. The predicted octanol–water partition coefficient (Wildman–Crippen LogP) is 1.90. The highest BCUT2D eigenvalue weighted by Gasteiger charge is 2.26. The lowest BCUT2D eigenvalue weighted by Gasteiger charge is -2.26. The molecule has 1 aliphatic heterocycles. The summed E-state index contributed by atoms with van der Waals surface area (Å²) in [5.74, 6) is 0.978. The van der Waals surface area contributed by atoms with E-state index in [1.54, 1.807) is 7.11 Å². The van der Waals surface area contributed by atoms with Gasteiger partial charge in [0.25, 0.3) is 0 Å². The van der Waals surface area contributed by atoms with E-state index in [1.165, 1.54) is 12.8 Å². The van der Waals surface area contributed by atoms with Gasteiger partial charge in [-0.3, -0.25) is 9.69 Å². The van der Waals surface area contributed by atoms with Gasteiger partial charge in [0.05, 0.1) is 13.7 Å². The molecular weight excluding hydrogens is 252 g/mol. The van der Waals surface area contributed by atoms with Crippen LogP contribution in [-0.4, -0.2) is 62.5 Å². The number of likely N-dealkylation sites (N-methyl/N-ethyl adjacent to an activating group) is 1. The molecule has 0 spiro atoms. The summed E-state index contributed by atoms with van der Waals surface area (Å²) in [6.45, 7) is 2.57. The lowest BCUT2D eigenvalue weighted by Crippen LogP contribution is -2.40. The normalized spacial score (nSPS) is 19.5. The predicted molar refractivity (Wildman–Crippen MR) is 80.5 cm³/mol. The molecule has 20 heavy (non-hydrogen) atoms. The molecule has 0 N–H and O–H groups in total. The summed E-state index contributed by atoms with van der Waals surface area (Å²) < 4.78 is 5.12. The Bertz CT molecular complexity index is 442. The first-order valence-electron chi connectivity index (χ1n) is 7.16. The van der Waals surface area contributed by atoms with Crippen molar-refractivity contribution < 1.29 is 9.53 Å². The number of carbonyl (C=O) groups is 1. The number of carbonyl (C=O) groups excluding carboxylic acids is 1. The highest BCUT2D eigenvalue weighted by atomic mass is 16.5. The first-order valence-corrected chi connectivity index (χ1v) is 7.16. The van der Waals surface area contributed by atoms with E-state index in [0.717, 1.165) is 24.4 Å². The summed E-state index contributed by atoms with van der Waals surface area (Å²) >= 11 is 0. The molecule has 0 radical (unpaired) electrons. The van der Waals surface area contributed by atoms with Crippen molar-refractivity contribution in [2.75, 3.05) is 40.8 Å². The molecule has 1 aromatic rings. The zero-order chi connectivity index (χ0) is 14.5. The quantitative estimate of drug-likeness (QED) is 0.743.